The van der Waals surface area contributed by atoms with Crippen molar-refractivity contribution >= 4 is 16.9 Å². The smallest absolute Gasteiger partial charge is 0.191 e. The van der Waals surface area contributed by atoms with Crippen molar-refractivity contribution in [2.75, 3.05) is 39.5 Å². The molecule has 0 amide bonds. The van der Waals surface area contributed by atoms with E-state index < -0.39 is 0 Å². The van der Waals surface area contributed by atoms with Gasteiger partial charge in [-0.1, -0.05) is 18.2 Å². The highest BCUT2D eigenvalue weighted by Gasteiger charge is 2.15. The Kier molecular flexibility index (Phi) is 7.99. The van der Waals surface area contributed by atoms with Crippen LogP contribution in [0.25, 0.3) is 10.9 Å². The Hall–Kier alpha value is -2.05. The summed E-state index contributed by atoms with van der Waals surface area (Å²) < 4.78 is 13.4. The number of benzene rings is 1. The van der Waals surface area contributed by atoms with Crippen LogP contribution in [0.15, 0.2) is 41.5 Å². The first kappa shape index (κ1) is 19.7. The van der Waals surface area contributed by atoms with Gasteiger partial charge in [0.15, 0.2) is 5.96 Å². The van der Waals surface area contributed by atoms with E-state index in [4.69, 9.17) is 9.47 Å². The zero-order chi connectivity index (χ0) is 18.7. The van der Waals surface area contributed by atoms with E-state index in [0.717, 1.165) is 71.2 Å². The molecule has 1 saturated heterocycles. The van der Waals surface area contributed by atoms with E-state index in [-0.39, 0.29) is 6.10 Å². The summed E-state index contributed by atoms with van der Waals surface area (Å²) in [7, 11) is 0. The standard InChI is InChI=1S/C21H32N4O2/c1-2-22-21(24-12-6-15-27-19-10-16-26-17-19)23-11-5-13-25-14-9-18-7-3-4-8-20(18)25/h3-4,7-9,14,19H,2,5-6,10-13,15-17H2,1H3,(H2,22,23,24). The Bertz CT molecular complexity index is 707. The quantitative estimate of drug-likeness (QED) is 0.382. The van der Waals surface area contributed by atoms with Gasteiger partial charge in [-0.25, -0.2) is 0 Å². The summed E-state index contributed by atoms with van der Waals surface area (Å²) in [5.74, 6) is 0.888. The van der Waals surface area contributed by atoms with E-state index in [9.17, 15) is 0 Å². The minimum atomic E-state index is 0.289. The van der Waals surface area contributed by atoms with Gasteiger partial charge in [0.2, 0.25) is 0 Å². The van der Waals surface area contributed by atoms with Gasteiger partial charge in [0.05, 0.1) is 12.7 Å². The average molecular weight is 373 g/mol. The van der Waals surface area contributed by atoms with Crippen molar-refractivity contribution in [1.82, 2.24) is 15.2 Å². The fraction of sp³-hybridized carbons (Fsp3) is 0.571. The van der Waals surface area contributed by atoms with E-state index in [1.807, 2.05) is 0 Å². The average Bonchev–Trinajstić information content (AvgIpc) is 3.35. The number of hydrogen-bond acceptors (Lipinski definition) is 3. The van der Waals surface area contributed by atoms with Crippen molar-refractivity contribution < 1.29 is 9.47 Å². The number of guanidine groups is 1. The first-order chi connectivity index (χ1) is 13.4. The Morgan fingerprint density at radius 3 is 3.04 bits per heavy atom. The number of nitrogens with one attached hydrogen (secondary N) is 2. The molecule has 1 aliphatic heterocycles. The lowest BCUT2D eigenvalue weighted by Crippen LogP contribution is -2.38. The number of ether oxygens (including phenoxy) is 2. The Labute approximate surface area is 161 Å². The molecule has 1 aliphatic rings. The molecule has 1 aromatic heterocycles. The maximum absolute atomic E-state index is 5.79. The van der Waals surface area contributed by atoms with E-state index >= 15 is 0 Å². The van der Waals surface area contributed by atoms with E-state index in [1.165, 1.54) is 10.9 Å². The highest BCUT2D eigenvalue weighted by molar-refractivity contribution is 5.80. The van der Waals surface area contributed by atoms with Gasteiger partial charge in [-0.2, -0.15) is 0 Å². The summed E-state index contributed by atoms with van der Waals surface area (Å²) in [5.41, 5.74) is 1.29. The number of aryl methyl sites for hydroxylation is 1. The van der Waals surface area contributed by atoms with Crippen LogP contribution in [-0.2, 0) is 16.0 Å². The van der Waals surface area contributed by atoms with Crippen LogP contribution in [0.1, 0.15) is 26.2 Å². The fourth-order valence-corrected chi connectivity index (χ4v) is 3.28. The van der Waals surface area contributed by atoms with Gasteiger partial charge in [-0.05, 0) is 43.7 Å². The van der Waals surface area contributed by atoms with E-state index in [0.29, 0.717) is 0 Å². The molecule has 0 spiro atoms. The molecule has 2 aromatic rings. The van der Waals surface area contributed by atoms with Gasteiger partial charge < -0.3 is 24.7 Å². The van der Waals surface area contributed by atoms with Crippen LogP contribution in [0.3, 0.4) is 0 Å². The van der Waals surface area contributed by atoms with Crippen LogP contribution in [0.4, 0.5) is 0 Å². The predicted molar refractivity (Wildman–Crippen MR) is 110 cm³/mol. The number of aromatic nitrogens is 1. The third kappa shape index (κ3) is 6.26. The maximum Gasteiger partial charge on any atom is 0.191 e. The van der Waals surface area contributed by atoms with Crippen LogP contribution in [0, 0.1) is 0 Å². The van der Waals surface area contributed by atoms with Gasteiger partial charge in [0.1, 0.15) is 0 Å². The number of fused-ring (bicyclic) bond motifs is 1. The molecule has 1 atom stereocenters. The van der Waals surface area contributed by atoms with Crippen molar-refractivity contribution in [3.05, 3.63) is 36.5 Å². The second-order valence-corrected chi connectivity index (χ2v) is 6.82. The molecular weight excluding hydrogens is 340 g/mol. The largest absolute Gasteiger partial charge is 0.379 e. The van der Waals surface area contributed by atoms with Crippen LogP contribution in [0.5, 0.6) is 0 Å². The third-order valence-electron chi connectivity index (χ3n) is 4.71. The summed E-state index contributed by atoms with van der Waals surface area (Å²) in [4.78, 5) is 4.69. The monoisotopic (exact) mass is 372 g/mol. The predicted octanol–water partition coefficient (Wildman–Crippen LogP) is 2.78. The number of rotatable bonds is 10. The lowest BCUT2D eigenvalue weighted by atomic mass is 10.2. The van der Waals surface area contributed by atoms with Crippen LogP contribution in [0.2, 0.25) is 0 Å². The van der Waals surface area contributed by atoms with E-state index in [1.54, 1.807) is 0 Å². The van der Waals surface area contributed by atoms with Crippen LogP contribution < -0.4 is 10.6 Å². The summed E-state index contributed by atoms with van der Waals surface area (Å²) in [6.07, 6.45) is 5.45. The minimum Gasteiger partial charge on any atom is -0.379 e. The topological polar surface area (TPSA) is 59.8 Å². The number of aliphatic imine (C=N–C) groups is 1. The van der Waals surface area contributed by atoms with Gasteiger partial charge >= 0.3 is 0 Å². The molecular formula is C21H32N4O2. The first-order valence-corrected chi connectivity index (χ1v) is 10.1. The Morgan fingerprint density at radius 2 is 2.19 bits per heavy atom. The molecule has 6 nitrogen and oxygen atoms in total. The molecule has 1 aromatic carbocycles. The van der Waals surface area contributed by atoms with Crippen molar-refractivity contribution in [2.45, 2.75) is 38.8 Å². The number of nitrogens with zero attached hydrogens (tertiary/aromatic N) is 2. The zero-order valence-electron chi connectivity index (χ0n) is 16.3. The van der Waals surface area contributed by atoms with Crippen molar-refractivity contribution in [3.63, 3.8) is 0 Å². The second kappa shape index (κ2) is 10.9. The van der Waals surface area contributed by atoms with Crippen LogP contribution in [-0.4, -0.2) is 56.1 Å². The molecule has 6 heteroatoms. The molecule has 27 heavy (non-hydrogen) atoms. The highest BCUT2D eigenvalue weighted by Crippen LogP contribution is 2.15. The first-order valence-electron chi connectivity index (χ1n) is 10.1. The lowest BCUT2D eigenvalue weighted by Gasteiger charge is -2.13. The van der Waals surface area contributed by atoms with E-state index in [2.05, 4.69) is 63.6 Å². The number of para-hydroxylation sites is 1. The number of hydrogen-bond donors (Lipinski definition) is 2. The normalized spacial score (nSPS) is 17.5. The maximum atomic E-state index is 5.79. The summed E-state index contributed by atoms with van der Waals surface area (Å²) in [5, 5.41) is 7.99. The lowest BCUT2D eigenvalue weighted by molar-refractivity contribution is 0.0420. The summed E-state index contributed by atoms with van der Waals surface area (Å²) >= 11 is 0. The zero-order valence-corrected chi connectivity index (χ0v) is 16.3. The molecule has 1 fully saturated rings. The van der Waals surface area contributed by atoms with Gasteiger partial charge in [0, 0.05) is 51.1 Å². The molecule has 0 aliphatic carbocycles. The summed E-state index contributed by atoms with van der Waals surface area (Å²) in [6, 6.07) is 10.7. The molecule has 148 valence electrons. The SMILES string of the molecule is CCNC(=NCCCn1ccc2ccccc21)NCCCOC1CCOC1. The van der Waals surface area contributed by atoms with Crippen molar-refractivity contribution in [3.8, 4) is 0 Å². The molecule has 1 unspecified atom stereocenters. The van der Waals surface area contributed by atoms with Crippen molar-refractivity contribution in [1.29, 1.82) is 0 Å². The molecule has 0 bridgehead atoms. The van der Waals surface area contributed by atoms with Gasteiger partial charge in [-0.15, -0.1) is 0 Å². The Morgan fingerprint density at radius 1 is 1.26 bits per heavy atom. The van der Waals surface area contributed by atoms with Crippen molar-refractivity contribution in [2.24, 2.45) is 4.99 Å². The molecule has 2 N–H and O–H groups in total. The molecule has 0 radical (unpaired) electrons. The summed E-state index contributed by atoms with van der Waals surface area (Å²) in [6.45, 7) is 7.94. The second-order valence-electron chi connectivity index (χ2n) is 6.82. The molecule has 3 rings (SSSR count). The highest BCUT2D eigenvalue weighted by atomic mass is 16.5. The van der Waals surface area contributed by atoms with Gasteiger partial charge in [-0.3, -0.25) is 4.99 Å². The Balaban J connectivity index is 1.35. The fourth-order valence-electron chi connectivity index (χ4n) is 3.28. The third-order valence-corrected chi connectivity index (χ3v) is 4.71. The molecule has 0 saturated carbocycles. The minimum absolute atomic E-state index is 0.289. The van der Waals surface area contributed by atoms with Gasteiger partial charge in [0.25, 0.3) is 0 Å². The van der Waals surface area contributed by atoms with Crippen LogP contribution >= 0.6 is 0 Å². The molecule has 2 heterocycles.